The van der Waals surface area contributed by atoms with Crippen LogP contribution in [-0.4, -0.2) is 18.0 Å². The summed E-state index contributed by atoms with van der Waals surface area (Å²) in [5, 5.41) is 0. The van der Waals surface area contributed by atoms with Crippen molar-refractivity contribution in [3.63, 3.8) is 0 Å². The van der Waals surface area contributed by atoms with Gasteiger partial charge in [0.2, 0.25) is 10.0 Å². The first kappa shape index (κ1) is 14.7. The number of sulfonamides is 1. The molecule has 0 aromatic carbocycles. The van der Waals surface area contributed by atoms with Crippen LogP contribution in [0.3, 0.4) is 0 Å². The fourth-order valence-electron chi connectivity index (χ4n) is 1.88. The average Bonchev–Trinajstić information content (AvgIpc) is 2.80. The van der Waals surface area contributed by atoms with Crippen molar-refractivity contribution < 1.29 is 8.42 Å². The van der Waals surface area contributed by atoms with E-state index in [9.17, 15) is 8.42 Å². The summed E-state index contributed by atoms with van der Waals surface area (Å²) in [5.74, 6) is 0. The zero-order valence-corrected chi connectivity index (χ0v) is 12.3. The van der Waals surface area contributed by atoms with Gasteiger partial charge in [0.05, 0.1) is 17.1 Å². The molecule has 0 spiro atoms. The molecule has 0 fully saturated rings. The van der Waals surface area contributed by atoms with E-state index < -0.39 is 10.0 Å². The van der Waals surface area contributed by atoms with Gasteiger partial charge in [0.1, 0.15) is 0 Å². The first-order chi connectivity index (χ1) is 9.44. The van der Waals surface area contributed by atoms with Crippen molar-refractivity contribution in [3.8, 4) is 0 Å². The molecule has 6 nitrogen and oxygen atoms in total. The number of pyridine rings is 1. The van der Waals surface area contributed by atoms with Crippen molar-refractivity contribution >= 4 is 10.0 Å². The van der Waals surface area contributed by atoms with E-state index in [4.69, 9.17) is 5.73 Å². The highest BCUT2D eigenvalue weighted by molar-refractivity contribution is 7.89. The van der Waals surface area contributed by atoms with Crippen LogP contribution in [0.1, 0.15) is 17.0 Å². The van der Waals surface area contributed by atoms with Gasteiger partial charge in [-0.15, -0.1) is 0 Å². The fourth-order valence-corrected chi connectivity index (χ4v) is 2.96. The van der Waals surface area contributed by atoms with Crippen LogP contribution in [-0.2, 0) is 30.2 Å². The van der Waals surface area contributed by atoms with Crippen LogP contribution in [0.15, 0.2) is 35.5 Å². The van der Waals surface area contributed by atoms with E-state index in [-0.39, 0.29) is 11.4 Å². The van der Waals surface area contributed by atoms with Gasteiger partial charge in [-0.2, -0.15) is 0 Å². The van der Waals surface area contributed by atoms with Crippen LogP contribution in [0.5, 0.6) is 0 Å². The Kier molecular flexibility index (Phi) is 4.22. The van der Waals surface area contributed by atoms with E-state index in [1.54, 1.807) is 30.1 Å². The lowest BCUT2D eigenvalue weighted by atomic mass is 10.2. The molecular formula is C13H18N4O2S. The maximum absolute atomic E-state index is 12.2. The van der Waals surface area contributed by atoms with Crippen molar-refractivity contribution in [2.75, 3.05) is 0 Å². The van der Waals surface area contributed by atoms with Crippen LogP contribution < -0.4 is 10.5 Å². The minimum Gasteiger partial charge on any atom is -0.352 e. The van der Waals surface area contributed by atoms with E-state index in [0.29, 0.717) is 12.2 Å². The number of nitrogens with one attached hydrogen (secondary N) is 1. The molecule has 2 aromatic heterocycles. The molecule has 7 heteroatoms. The summed E-state index contributed by atoms with van der Waals surface area (Å²) in [5.41, 5.74) is 7.97. The van der Waals surface area contributed by atoms with Gasteiger partial charge in [-0.25, -0.2) is 13.1 Å². The summed E-state index contributed by atoms with van der Waals surface area (Å²) in [7, 11) is -1.79. The molecule has 0 amide bonds. The van der Waals surface area contributed by atoms with E-state index in [1.807, 2.05) is 19.1 Å². The van der Waals surface area contributed by atoms with Crippen LogP contribution in [0.2, 0.25) is 0 Å². The molecule has 0 unspecified atom stereocenters. The van der Waals surface area contributed by atoms with Crippen LogP contribution >= 0.6 is 0 Å². The Labute approximate surface area is 118 Å². The number of hydrogen-bond donors (Lipinski definition) is 2. The van der Waals surface area contributed by atoms with Crippen molar-refractivity contribution in [2.24, 2.45) is 12.8 Å². The van der Waals surface area contributed by atoms with Crippen molar-refractivity contribution in [3.05, 3.63) is 47.5 Å². The standard InChI is InChI=1S/C13H18N4O2S/c1-10-4-3-5-15-13(10)8-16-20(18,19)12-6-11(7-14)17(2)9-12/h3-6,9,16H,7-8,14H2,1-2H3. The largest absolute Gasteiger partial charge is 0.352 e. The first-order valence-electron chi connectivity index (χ1n) is 6.19. The molecular weight excluding hydrogens is 276 g/mol. The lowest BCUT2D eigenvalue weighted by Gasteiger charge is -2.06. The number of hydrogen-bond acceptors (Lipinski definition) is 4. The van der Waals surface area contributed by atoms with Crippen LogP contribution in [0.25, 0.3) is 0 Å². The topological polar surface area (TPSA) is 90.0 Å². The zero-order chi connectivity index (χ0) is 14.8. The number of aryl methyl sites for hydroxylation is 2. The molecule has 2 aromatic rings. The molecule has 2 heterocycles. The number of nitrogens with two attached hydrogens (primary N) is 1. The zero-order valence-electron chi connectivity index (χ0n) is 11.5. The molecule has 0 aliphatic heterocycles. The second-order valence-electron chi connectivity index (χ2n) is 4.57. The number of rotatable bonds is 5. The molecule has 0 saturated carbocycles. The molecule has 0 aliphatic rings. The predicted octanol–water partition coefficient (Wildman–Crippen LogP) is 0.666. The Hall–Kier alpha value is -1.70. The summed E-state index contributed by atoms with van der Waals surface area (Å²) in [6, 6.07) is 5.29. The maximum Gasteiger partial charge on any atom is 0.242 e. The van der Waals surface area contributed by atoms with E-state index in [1.165, 1.54) is 0 Å². The molecule has 0 atom stereocenters. The Balaban J connectivity index is 2.17. The smallest absolute Gasteiger partial charge is 0.242 e. The van der Waals surface area contributed by atoms with Crippen molar-refractivity contribution in [1.29, 1.82) is 0 Å². The second-order valence-corrected chi connectivity index (χ2v) is 6.34. The average molecular weight is 294 g/mol. The molecule has 0 saturated heterocycles. The Morgan fingerprint density at radius 3 is 2.80 bits per heavy atom. The van der Waals surface area contributed by atoms with Gasteiger partial charge >= 0.3 is 0 Å². The first-order valence-corrected chi connectivity index (χ1v) is 7.68. The van der Waals surface area contributed by atoms with Gasteiger partial charge in [-0.05, 0) is 24.6 Å². The summed E-state index contributed by atoms with van der Waals surface area (Å²) in [6.07, 6.45) is 3.20. The third-order valence-corrected chi connectivity index (χ3v) is 4.52. The highest BCUT2D eigenvalue weighted by atomic mass is 32.2. The molecule has 108 valence electrons. The Morgan fingerprint density at radius 2 is 2.20 bits per heavy atom. The molecule has 0 aliphatic carbocycles. The second kappa shape index (κ2) is 5.74. The van der Waals surface area contributed by atoms with Gasteiger partial charge in [-0.3, -0.25) is 4.98 Å². The van der Waals surface area contributed by atoms with E-state index >= 15 is 0 Å². The highest BCUT2D eigenvalue weighted by Gasteiger charge is 2.17. The normalized spacial score (nSPS) is 11.8. The summed E-state index contributed by atoms with van der Waals surface area (Å²) >= 11 is 0. The van der Waals surface area contributed by atoms with Crippen LogP contribution in [0, 0.1) is 6.92 Å². The minimum atomic E-state index is -3.55. The van der Waals surface area contributed by atoms with Gasteiger partial charge in [-0.1, -0.05) is 6.07 Å². The molecule has 0 radical (unpaired) electrons. The Morgan fingerprint density at radius 1 is 1.45 bits per heavy atom. The summed E-state index contributed by atoms with van der Waals surface area (Å²) < 4.78 is 28.7. The van der Waals surface area contributed by atoms with Gasteiger partial charge in [0, 0.05) is 31.7 Å². The predicted molar refractivity (Wildman–Crippen MR) is 76.3 cm³/mol. The maximum atomic E-state index is 12.2. The SMILES string of the molecule is Cc1cccnc1CNS(=O)(=O)c1cc(CN)n(C)c1. The Bertz CT molecular complexity index is 707. The summed E-state index contributed by atoms with van der Waals surface area (Å²) in [4.78, 5) is 4.38. The molecule has 2 rings (SSSR count). The molecule has 20 heavy (non-hydrogen) atoms. The summed E-state index contributed by atoms with van der Waals surface area (Å²) in [6.45, 7) is 2.36. The van der Waals surface area contributed by atoms with E-state index in [2.05, 4.69) is 9.71 Å². The lowest BCUT2D eigenvalue weighted by Crippen LogP contribution is -2.23. The van der Waals surface area contributed by atoms with E-state index in [0.717, 1.165) is 11.3 Å². The quantitative estimate of drug-likeness (QED) is 0.848. The molecule has 0 bridgehead atoms. The van der Waals surface area contributed by atoms with Gasteiger partial charge in [0.15, 0.2) is 0 Å². The molecule has 3 N–H and O–H groups in total. The lowest BCUT2D eigenvalue weighted by molar-refractivity contribution is 0.580. The van der Waals surface area contributed by atoms with Gasteiger partial charge in [0.25, 0.3) is 0 Å². The van der Waals surface area contributed by atoms with Gasteiger partial charge < -0.3 is 10.3 Å². The monoisotopic (exact) mass is 294 g/mol. The number of aromatic nitrogens is 2. The third kappa shape index (κ3) is 3.06. The van der Waals surface area contributed by atoms with Crippen LogP contribution in [0.4, 0.5) is 0 Å². The fraction of sp³-hybridized carbons (Fsp3) is 0.308. The highest BCUT2D eigenvalue weighted by Crippen LogP contribution is 2.13. The van der Waals surface area contributed by atoms with Crippen molar-refractivity contribution in [2.45, 2.75) is 24.9 Å². The van der Waals surface area contributed by atoms with Crippen molar-refractivity contribution in [1.82, 2.24) is 14.3 Å². The number of nitrogens with zero attached hydrogens (tertiary/aromatic N) is 2. The third-order valence-electron chi connectivity index (χ3n) is 3.15. The minimum absolute atomic E-state index is 0.169.